The topological polar surface area (TPSA) is 91.1 Å². The monoisotopic (exact) mass is 299 g/mol. The normalized spacial score (nSPS) is 11.3. The molecule has 0 atom stereocenters. The molecular weight excluding hydrogens is 278 g/mol. The van der Waals surface area contributed by atoms with Crippen molar-refractivity contribution in [3.8, 4) is 11.5 Å². The van der Waals surface area contributed by atoms with Gasteiger partial charge in [0.1, 0.15) is 0 Å². The Balaban J connectivity index is 2.95. The Morgan fingerprint density at radius 1 is 1.29 bits per heavy atom. The van der Waals surface area contributed by atoms with Crippen LogP contribution in [0.15, 0.2) is 12.1 Å². The Bertz CT molecular complexity index is 500. The summed E-state index contributed by atoms with van der Waals surface area (Å²) in [5, 5.41) is 20.2. The molecule has 0 amide bonds. The van der Waals surface area contributed by atoms with Crippen LogP contribution in [-0.2, 0) is 11.3 Å². The van der Waals surface area contributed by atoms with Crippen molar-refractivity contribution in [1.82, 2.24) is 0 Å². The summed E-state index contributed by atoms with van der Waals surface area (Å²) >= 11 is 0. The maximum Gasteiger partial charge on any atom is 0.278 e. The van der Waals surface area contributed by atoms with Gasteiger partial charge in [-0.2, -0.15) is 0 Å². The quantitative estimate of drug-likeness (QED) is 0.585. The molecule has 0 aliphatic heterocycles. The highest BCUT2D eigenvalue weighted by Crippen LogP contribution is 2.35. The second-order valence-electron chi connectivity index (χ2n) is 5.11. The number of nitrogens with zero attached hydrogens (tertiary/aromatic N) is 1. The number of nitro groups is 1. The van der Waals surface area contributed by atoms with Crippen LogP contribution < -0.4 is 9.47 Å². The fourth-order valence-electron chi connectivity index (χ4n) is 1.67. The van der Waals surface area contributed by atoms with Crippen molar-refractivity contribution in [3.63, 3.8) is 0 Å². The molecule has 7 heteroatoms. The van der Waals surface area contributed by atoms with Gasteiger partial charge in [-0.1, -0.05) is 0 Å². The van der Waals surface area contributed by atoms with E-state index in [2.05, 4.69) is 0 Å². The number of benzene rings is 1. The summed E-state index contributed by atoms with van der Waals surface area (Å²) in [6.45, 7) is 3.73. The van der Waals surface area contributed by atoms with Crippen molar-refractivity contribution in [2.75, 3.05) is 20.8 Å². The fraction of sp³-hybridized carbons (Fsp3) is 0.571. The summed E-state index contributed by atoms with van der Waals surface area (Å²) in [5.41, 5.74) is -0.356. The average Bonchev–Trinajstić information content (AvgIpc) is 2.46. The maximum atomic E-state index is 11.0. The van der Waals surface area contributed by atoms with E-state index in [9.17, 15) is 15.2 Å². The van der Waals surface area contributed by atoms with Gasteiger partial charge in [0, 0.05) is 13.5 Å². The zero-order valence-electron chi connectivity index (χ0n) is 12.7. The van der Waals surface area contributed by atoms with E-state index in [-0.39, 0.29) is 22.6 Å². The van der Waals surface area contributed by atoms with Crippen LogP contribution in [0, 0.1) is 10.1 Å². The second kappa shape index (κ2) is 7.24. The Kier molecular flexibility index (Phi) is 5.92. The van der Waals surface area contributed by atoms with Crippen molar-refractivity contribution in [2.45, 2.75) is 32.5 Å². The van der Waals surface area contributed by atoms with Gasteiger partial charge in [-0.15, -0.1) is 0 Å². The minimum atomic E-state index is -0.559. The predicted molar refractivity (Wildman–Crippen MR) is 76.8 cm³/mol. The molecule has 0 aromatic heterocycles. The second-order valence-corrected chi connectivity index (χ2v) is 5.11. The summed E-state index contributed by atoms with van der Waals surface area (Å²) < 4.78 is 16.0. The van der Waals surface area contributed by atoms with Crippen LogP contribution in [0.4, 0.5) is 5.69 Å². The lowest BCUT2D eigenvalue weighted by molar-refractivity contribution is -0.385. The van der Waals surface area contributed by atoms with E-state index < -0.39 is 11.5 Å². The standard InChI is InChI=1S/C14H21NO6/c1-14(2,20-4)5-6-21-13-8-11(15(17)18)10(9-16)7-12(13)19-3/h7-8,16H,5-6,9H2,1-4H3. The molecule has 0 radical (unpaired) electrons. The van der Waals surface area contributed by atoms with Gasteiger partial charge in [0.25, 0.3) is 5.69 Å². The Hall–Kier alpha value is -1.86. The molecule has 0 saturated heterocycles. The van der Waals surface area contributed by atoms with Gasteiger partial charge < -0.3 is 19.3 Å². The van der Waals surface area contributed by atoms with E-state index in [0.29, 0.717) is 18.8 Å². The summed E-state index contributed by atoms with van der Waals surface area (Å²) in [6, 6.07) is 2.68. The molecule has 0 unspecified atom stereocenters. The van der Waals surface area contributed by atoms with Crippen LogP contribution in [0.25, 0.3) is 0 Å². The Morgan fingerprint density at radius 3 is 2.43 bits per heavy atom. The van der Waals surface area contributed by atoms with Crippen molar-refractivity contribution in [2.24, 2.45) is 0 Å². The van der Waals surface area contributed by atoms with Gasteiger partial charge in [0.15, 0.2) is 11.5 Å². The number of methoxy groups -OCH3 is 2. The van der Waals surface area contributed by atoms with E-state index >= 15 is 0 Å². The van der Waals surface area contributed by atoms with E-state index in [1.54, 1.807) is 7.11 Å². The first kappa shape index (κ1) is 17.2. The van der Waals surface area contributed by atoms with Crippen LogP contribution in [0.5, 0.6) is 11.5 Å². The van der Waals surface area contributed by atoms with E-state index in [1.165, 1.54) is 19.2 Å². The van der Waals surface area contributed by atoms with Crippen molar-refractivity contribution >= 4 is 5.69 Å². The number of ether oxygens (including phenoxy) is 3. The highest BCUT2D eigenvalue weighted by molar-refractivity contribution is 5.54. The van der Waals surface area contributed by atoms with Gasteiger partial charge in [0.2, 0.25) is 0 Å². The molecule has 0 bridgehead atoms. The summed E-state index contributed by atoms with van der Waals surface area (Å²) in [4.78, 5) is 10.4. The Morgan fingerprint density at radius 2 is 1.95 bits per heavy atom. The Labute approximate surface area is 123 Å². The zero-order valence-corrected chi connectivity index (χ0v) is 12.7. The van der Waals surface area contributed by atoms with E-state index in [1.807, 2.05) is 13.8 Å². The average molecular weight is 299 g/mol. The molecule has 21 heavy (non-hydrogen) atoms. The number of aliphatic hydroxyl groups excluding tert-OH is 1. The number of hydrogen-bond acceptors (Lipinski definition) is 6. The number of rotatable bonds is 8. The summed E-state index contributed by atoms with van der Waals surface area (Å²) in [5.74, 6) is 0.619. The molecule has 1 aromatic rings. The molecule has 0 heterocycles. The molecule has 1 rings (SSSR count). The zero-order chi connectivity index (χ0) is 16.0. The van der Waals surface area contributed by atoms with Crippen molar-refractivity contribution in [1.29, 1.82) is 0 Å². The third kappa shape index (κ3) is 4.57. The van der Waals surface area contributed by atoms with Crippen LogP contribution >= 0.6 is 0 Å². The van der Waals surface area contributed by atoms with Crippen molar-refractivity contribution in [3.05, 3.63) is 27.8 Å². The molecule has 0 spiro atoms. The number of nitro benzene ring substituents is 1. The summed E-state index contributed by atoms with van der Waals surface area (Å²) in [6.07, 6.45) is 0.613. The van der Waals surface area contributed by atoms with Crippen molar-refractivity contribution < 1.29 is 24.2 Å². The molecule has 0 aliphatic rings. The molecule has 0 aliphatic carbocycles. The van der Waals surface area contributed by atoms with Gasteiger partial charge in [0.05, 0.1) is 42.5 Å². The van der Waals surface area contributed by atoms with Crippen LogP contribution in [0.1, 0.15) is 25.8 Å². The van der Waals surface area contributed by atoms with Gasteiger partial charge >= 0.3 is 0 Å². The SMILES string of the molecule is COc1cc(CO)c([N+](=O)[O-])cc1OCCC(C)(C)OC. The van der Waals surface area contributed by atoms with E-state index in [4.69, 9.17) is 14.2 Å². The lowest BCUT2D eigenvalue weighted by Crippen LogP contribution is -2.25. The lowest BCUT2D eigenvalue weighted by atomic mass is 10.1. The molecule has 0 saturated carbocycles. The lowest BCUT2D eigenvalue weighted by Gasteiger charge is -2.23. The molecule has 1 aromatic carbocycles. The highest BCUT2D eigenvalue weighted by atomic mass is 16.6. The van der Waals surface area contributed by atoms with Crippen LogP contribution in [0.3, 0.4) is 0 Å². The maximum absolute atomic E-state index is 11.0. The molecule has 0 fully saturated rings. The first-order chi connectivity index (χ1) is 9.84. The number of aliphatic hydroxyl groups is 1. The smallest absolute Gasteiger partial charge is 0.278 e. The van der Waals surface area contributed by atoms with Gasteiger partial charge in [-0.25, -0.2) is 0 Å². The first-order valence-corrected chi connectivity index (χ1v) is 6.48. The molecule has 118 valence electrons. The van der Waals surface area contributed by atoms with E-state index in [0.717, 1.165) is 0 Å². The third-order valence-electron chi connectivity index (χ3n) is 3.25. The fourth-order valence-corrected chi connectivity index (χ4v) is 1.67. The van der Waals surface area contributed by atoms with Crippen LogP contribution in [0.2, 0.25) is 0 Å². The molecule has 7 nitrogen and oxygen atoms in total. The largest absolute Gasteiger partial charge is 0.493 e. The molecule has 1 N–H and O–H groups in total. The van der Waals surface area contributed by atoms with Gasteiger partial charge in [-0.05, 0) is 19.9 Å². The summed E-state index contributed by atoms with van der Waals surface area (Å²) in [7, 11) is 3.05. The van der Waals surface area contributed by atoms with Gasteiger partial charge in [-0.3, -0.25) is 10.1 Å². The third-order valence-corrected chi connectivity index (χ3v) is 3.25. The van der Waals surface area contributed by atoms with Crippen LogP contribution in [-0.4, -0.2) is 36.5 Å². The number of hydrogen-bond donors (Lipinski definition) is 1. The predicted octanol–water partition coefficient (Wildman–Crippen LogP) is 2.29. The minimum absolute atomic E-state index is 0.182. The first-order valence-electron chi connectivity index (χ1n) is 6.48. The minimum Gasteiger partial charge on any atom is -0.493 e. The molecular formula is C14H21NO6. The highest BCUT2D eigenvalue weighted by Gasteiger charge is 2.21.